The van der Waals surface area contributed by atoms with Gasteiger partial charge in [0.25, 0.3) is 0 Å². The Bertz CT molecular complexity index is 500. The van der Waals surface area contributed by atoms with Crippen molar-refractivity contribution in [1.29, 1.82) is 0 Å². The van der Waals surface area contributed by atoms with E-state index >= 15 is 0 Å². The third-order valence-corrected chi connectivity index (χ3v) is 20.8. The van der Waals surface area contributed by atoms with Gasteiger partial charge in [-0.15, -0.1) is 0 Å². The summed E-state index contributed by atoms with van der Waals surface area (Å²) in [6.45, 7) is 9.42. The fourth-order valence-electron chi connectivity index (χ4n) is 7.59. The van der Waals surface area contributed by atoms with Crippen LogP contribution in [0.3, 0.4) is 0 Å². The normalized spacial score (nSPS) is 13.0. The van der Waals surface area contributed by atoms with Crippen LogP contribution in [0.15, 0.2) is 0 Å². The van der Waals surface area contributed by atoms with Gasteiger partial charge >= 0.3 is 239 Å². The summed E-state index contributed by atoms with van der Waals surface area (Å²) >= 11 is 4.76. The Hall–Kier alpha value is 0.910. The number of hydrogen-bond donors (Lipinski definition) is 0. The Balaban J connectivity index is 4.34. The monoisotopic (exact) mass is 703 g/mol. The molecule has 0 aliphatic heterocycles. The number of hydrogen-bond acceptors (Lipinski definition) is 0. The minimum absolute atomic E-state index is 1.37. The fourth-order valence-corrected chi connectivity index (χ4v) is 16.0. The van der Waals surface area contributed by atoms with E-state index in [0.717, 1.165) is 0 Å². The third-order valence-electron chi connectivity index (χ3n) is 10.8. The van der Waals surface area contributed by atoms with Gasteiger partial charge in [0.05, 0.1) is 0 Å². The average molecular weight is 704 g/mol. The molecule has 0 amide bonds. The van der Waals surface area contributed by atoms with Crippen molar-refractivity contribution >= 4 is 20.8 Å². The van der Waals surface area contributed by atoms with E-state index in [1.807, 2.05) is 0 Å². The van der Waals surface area contributed by atoms with Crippen molar-refractivity contribution in [3.05, 3.63) is 0 Å². The van der Waals surface area contributed by atoms with Gasteiger partial charge in [-0.05, 0) is 0 Å². The smallest absolute Gasteiger partial charge is 0.0654 e. The van der Waals surface area contributed by atoms with Crippen LogP contribution in [0.1, 0.15) is 246 Å². The van der Waals surface area contributed by atoms with Crippen LogP contribution in [0.2, 0.25) is 0 Å². The van der Waals surface area contributed by atoms with Crippen LogP contribution in [0.25, 0.3) is 0 Å². The zero-order valence-corrected chi connectivity index (χ0v) is 34.2. The molecule has 0 atom stereocenters. The number of rotatable bonds is 38. The van der Waals surface area contributed by atoms with Gasteiger partial charge in [-0.1, -0.05) is 52.4 Å². The van der Waals surface area contributed by atoms with Crippen molar-refractivity contribution in [3.8, 4) is 0 Å². The first-order chi connectivity index (χ1) is 21.5. The average Bonchev–Trinajstić information content (AvgIpc) is 3.02. The SMILES string of the molecule is CCCCCCCCCCCCCCCCP(Br)(CCCCC)(CCCCC)CCCCCCCCCCCCCCCC. The molecule has 0 aromatic heterocycles. The molecule has 2 heteroatoms. The Morgan fingerprint density at radius 2 is 0.364 bits per heavy atom. The van der Waals surface area contributed by atoms with E-state index in [-0.39, 0.29) is 0 Å². The second kappa shape index (κ2) is 33.8. The van der Waals surface area contributed by atoms with Crippen molar-refractivity contribution in [1.82, 2.24) is 0 Å². The first-order valence-electron chi connectivity index (χ1n) is 21.3. The van der Waals surface area contributed by atoms with Gasteiger partial charge < -0.3 is 0 Å². The molecule has 0 unspecified atom stereocenters. The fraction of sp³-hybridized carbons (Fsp3) is 1.00. The van der Waals surface area contributed by atoms with E-state index in [4.69, 9.17) is 15.5 Å². The van der Waals surface area contributed by atoms with Crippen molar-refractivity contribution in [2.24, 2.45) is 0 Å². The van der Waals surface area contributed by atoms with Crippen molar-refractivity contribution in [2.75, 3.05) is 24.6 Å². The molecule has 0 heterocycles. The molecule has 0 rings (SSSR count). The minimum atomic E-state index is -1.76. The number of unbranched alkanes of at least 4 members (excludes halogenated alkanes) is 30. The van der Waals surface area contributed by atoms with Gasteiger partial charge in [0.15, 0.2) is 0 Å². The summed E-state index contributed by atoms with van der Waals surface area (Å²) in [6.07, 6.45) is 56.0. The molecule has 0 N–H and O–H groups in total. The molecular formula is C42H88BrP. The van der Waals surface area contributed by atoms with Gasteiger partial charge in [0, 0.05) is 0 Å². The van der Waals surface area contributed by atoms with Crippen molar-refractivity contribution in [3.63, 3.8) is 0 Å². The third kappa shape index (κ3) is 29.1. The van der Waals surface area contributed by atoms with Crippen molar-refractivity contribution < 1.29 is 0 Å². The summed E-state index contributed by atoms with van der Waals surface area (Å²) in [4.78, 5) is 0. The van der Waals surface area contributed by atoms with E-state index in [9.17, 15) is 0 Å². The first kappa shape index (κ1) is 44.9. The standard InChI is InChI=1S/C42H88BrP/c1-5-9-13-15-17-19-21-23-25-27-29-31-33-37-41-44(43,39-35-11-7-3,40-36-12-8-4)42-38-34-32-30-28-26-24-22-20-18-16-14-10-6-2/h5-42H2,1-4H3. The maximum absolute atomic E-state index is 4.76. The van der Waals surface area contributed by atoms with Crippen LogP contribution >= 0.6 is 20.8 Å². The Morgan fingerprint density at radius 1 is 0.227 bits per heavy atom. The molecule has 0 fully saturated rings. The summed E-state index contributed by atoms with van der Waals surface area (Å²) in [5, 5.41) is -1.76. The van der Waals surface area contributed by atoms with Gasteiger partial charge in [-0.2, -0.15) is 0 Å². The van der Waals surface area contributed by atoms with Crippen LogP contribution in [0.5, 0.6) is 0 Å². The Labute approximate surface area is 290 Å². The molecule has 0 aromatic rings. The molecule has 268 valence electrons. The molecule has 0 radical (unpaired) electrons. The summed E-state index contributed by atoms with van der Waals surface area (Å²) < 4.78 is 0. The van der Waals surface area contributed by atoms with Crippen LogP contribution in [0, 0.1) is 0 Å². The molecule has 0 saturated carbocycles. The van der Waals surface area contributed by atoms with Gasteiger partial charge in [0.1, 0.15) is 0 Å². The van der Waals surface area contributed by atoms with Gasteiger partial charge in [-0.3, -0.25) is 0 Å². The topological polar surface area (TPSA) is 0 Å². The predicted octanol–water partition coefficient (Wildman–Crippen LogP) is 17.2. The molecule has 0 spiro atoms. The first-order valence-corrected chi connectivity index (χ1v) is 26.3. The van der Waals surface area contributed by atoms with E-state index in [0.29, 0.717) is 0 Å². The minimum Gasteiger partial charge on any atom is -0.0654 e. The van der Waals surface area contributed by atoms with Crippen LogP contribution in [-0.2, 0) is 0 Å². The molecule has 44 heavy (non-hydrogen) atoms. The summed E-state index contributed by atoms with van der Waals surface area (Å²) in [6, 6.07) is 0. The van der Waals surface area contributed by atoms with E-state index in [1.54, 1.807) is 24.6 Å². The maximum atomic E-state index is 4.76. The van der Waals surface area contributed by atoms with Gasteiger partial charge in [-0.25, -0.2) is 0 Å². The zero-order valence-electron chi connectivity index (χ0n) is 31.7. The van der Waals surface area contributed by atoms with Crippen molar-refractivity contribution in [2.45, 2.75) is 246 Å². The Kier molecular flexibility index (Phi) is 34.5. The molecular weight excluding hydrogens is 615 g/mol. The molecule has 0 aromatic carbocycles. The quantitative estimate of drug-likeness (QED) is 0.0444. The molecule has 0 bridgehead atoms. The second-order valence-electron chi connectivity index (χ2n) is 15.3. The Morgan fingerprint density at radius 3 is 0.568 bits per heavy atom. The summed E-state index contributed by atoms with van der Waals surface area (Å²) in [5.74, 6) is 0. The second-order valence-corrected chi connectivity index (χ2v) is 26.8. The van der Waals surface area contributed by atoms with E-state index in [1.165, 1.54) is 218 Å². The van der Waals surface area contributed by atoms with Crippen LogP contribution in [0.4, 0.5) is 0 Å². The molecule has 0 nitrogen and oxygen atoms in total. The number of halogens is 1. The van der Waals surface area contributed by atoms with Crippen LogP contribution < -0.4 is 0 Å². The zero-order chi connectivity index (χ0) is 32.3. The summed E-state index contributed by atoms with van der Waals surface area (Å²) in [5.41, 5.74) is 0. The molecule has 0 saturated heterocycles. The predicted molar refractivity (Wildman–Crippen MR) is 215 cm³/mol. The van der Waals surface area contributed by atoms with E-state index < -0.39 is 5.31 Å². The molecule has 0 aliphatic carbocycles. The van der Waals surface area contributed by atoms with E-state index in [2.05, 4.69) is 27.7 Å². The summed E-state index contributed by atoms with van der Waals surface area (Å²) in [7, 11) is 0. The van der Waals surface area contributed by atoms with Gasteiger partial charge in [0.2, 0.25) is 0 Å². The van der Waals surface area contributed by atoms with Crippen LogP contribution in [-0.4, -0.2) is 24.6 Å². The molecule has 0 aliphatic rings.